The maximum absolute atomic E-state index is 6.31. The Labute approximate surface area is 166 Å². The van der Waals surface area contributed by atoms with E-state index in [1.54, 1.807) is 0 Å². The molecule has 0 aromatic heterocycles. The van der Waals surface area contributed by atoms with Gasteiger partial charge in [-0.1, -0.05) is 102 Å². The highest BCUT2D eigenvalue weighted by Crippen LogP contribution is 2.57. The average Bonchev–Trinajstić information content (AvgIpc) is 2.59. The second-order valence-corrected chi connectivity index (χ2v) is 13.2. The van der Waals surface area contributed by atoms with Crippen molar-refractivity contribution in [2.45, 2.75) is 128 Å². The molecule has 25 heavy (non-hydrogen) atoms. The van der Waals surface area contributed by atoms with Gasteiger partial charge in [0.25, 0.3) is 0 Å². The van der Waals surface area contributed by atoms with Crippen LogP contribution in [0.5, 0.6) is 0 Å². The zero-order valence-corrected chi connectivity index (χ0v) is 18.6. The van der Waals surface area contributed by atoms with E-state index in [0.29, 0.717) is 0 Å². The van der Waals surface area contributed by atoms with Crippen LogP contribution in [0.15, 0.2) is 0 Å². The minimum absolute atomic E-state index is 0.265. The minimum atomic E-state index is -2.42. The number of hydrogen-bond donors (Lipinski definition) is 1. The first kappa shape index (κ1) is 22.2. The van der Waals surface area contributed by atoms with Crippen LogP contribution in [0.1, 0.15) is 116 Å². The van der Waals surface area contributed by atoms with Crippen LogP contribution in [-0.4, -0.2) is 12.2 Å². The second-order valence-electron chi connectivity index (χ2n) is 8.03. The number of hydrogen-bond acceptors (Lipinski definition) is 3. The highest BCUT2D eigenvalue weighted by molar-refractivity contribution is 8.60. The van der Waals surface area contributed by atoms with Crippen LogP contribution in [0.4, 0.5) is 0 Å². The average molecular weight is 407 g/mol. The fourth-order valence-corrected chi connectivity index (χ4v) is 6.91. The first-order valence-corrected chi connectivity index (χ1v) is 14.6. The van der Waals surface area contributed by atoms with Gasteiger partial charge in [0.05, 0.1) is 12.2 Å². The van der Waals surface area contributed by atoms with Crippen molar-refractivity contribution in [2.75, 3.05) is 0 Å². The van der Waals surface area contributed by atoms with E-state index in [2.05, 4.69) is 0 Å². The summed E-state index contributed by atoms with van der Waals surface area (Å²) < 4.78 is 12.6. The van der Waals surface area contributed by atoms with Gasteiger partial charge in [-0.15, -0.1) is 0 Å². The molecule has 5 heteroatoms. The minimum Gasteiger partial charge on any atom is -0.318 e. The molecule has 0 heterocycles. The van der Waals surface area contributed by atoms with Gasteiger partial charge in [-0.3, -0.25) is 0 Å². The Morgan fingerprint density at radius 3 is 1.04 bits per heavy atom. The fourth-order valence-electron chi connectivity index (χ4n) is 4.16. The first-order chi connectivity index (χ1) is 12.2. The molecule has 2 nitrogen and oxygen atoms in total. The van der Waals surface area contributed by atoms with E-state index in [9.17, 15) is 0 Å². The van der Waals surface area contributed by atoms with Crippen LogP contribution in [0, 0.1) is 0 Å². The summed E-state index contributed by atoms with van der Waals surface area (Å²) in [6.45, 7) is 0. The van der Waals surface area contributed by atoms with Gasteiger partial charge in [0.15, 0.2) is 0 Å². The van der Waals surface area contributed by atoms with Crippen molar-refractivity contribution >= 4 is 29.7 Å². The maximum Gasteiger partial charge on any atom is 0.244 e. The molecule has 148 valence electrons. The molecule has 0 amide bonds. The molecule has 2 aliphatic carbocycles. The van der Waals surface area contributed by atoms with Crippen molar-refractivity contribution < 1.29 is 9.05 Å². The summed E-state index contributed by atoms with van der Waals surface area (Å²) in [5.41, 5.74) is -2.42. The molecule has 2 fully saturated rings. The van der Waals surface area contributed by atoms with Crippen molar-refractivity contribution in [2.24, 2.45) is 0 Å². The van der Waals surface area contributed by atoms with Crippen LogP contribution in [0.3, 0.4) is 0 Å². The summed E-state index contributed by atoms with van der Waals surface area (Å²) in [6.07, 6.45) is 23.7. The summed E-state index contributed by atoms with van der Waals surface area (Å²) in [7, 11) is 0. The van der Waals surface area contributed by atoms with E-state index in [-0.39, 0.29) is 12.2 Å². The van der Waals surface area contributed by atoms with Gasteiger partial charge < -0.3 is 9.05 Å². The zero-order chi connectivity index (χ0) is 17.8. The summed E-state index contributed by atoms with van der Waals surface area (Å²) in [6, 6.07) is 0. The van der Waals surface area contributed by atoms with Gasteiger partial charge in [-0.25, -0.2) is 0 Å². The Morgan fingerprint density at radius 1 is 0.520 bits per heavy atom. The smallest absolute Gasteiger partial charge is 0.244 e. The van der Waals surface area contributed by atoms with E-state index >= 15 is 0 Å². The van der Waals surface area contributed by atoms with Gasteiger partial charge >= 0.3 is 0 Å². The lowest BCUT2D eigenvalue weighted by atomic mass is 9.99. The topological polar surface area (TPSA) is 18.5 Å². The molecular weight excluding hydrogens is 367 g/mol. The highest BCUT2D eigenvalue weighted by Gasteiger charge is 2.24. The van der Waals surface area contributed by atoms with Crippen LogP contribution in [0.2, 0.25) is 0 Å². The predicted molar refractivity (Wildman–Crippen MR) is 116 cm³/mol. The third-order valence-electron chi connectivity index (χ3n) is 5.67. The Kier molecular flexibility index (Phi) is 11.7. The van der Waals surface area contributed by atoms with Crippen molar-refractivity contribution in [3.8, 4) is 0 Å². The Balaban J connectivity index is 1.81. The molecular formula is C20H39O2PS2. The van der Waals surface area contributed by atoms with Crippen molar-refractivity contribution in [3.63, 3.8) is 0 Å². The molecule has 2 saturated carbocycles. The lowest BCUT2D eigenvalue weighted by Crippen LogP contribution is -2.16. The van der Waals surface area contributed by atoms with E-state index < -0.39 is 5.69 Å². The lowest BCUT2D eigenvalue weighted by Gasteiger charge is -2.29. The van der Waals surface area contributed by atoms with Crippen LogP contribution >= 0.6 is 17.9 Å². The normalized spacial score (nSPS) is 24.7. The molecule has 0 spiro atoms. The molecule has 0 bridgehead atoms. The monoisotopic (exact) mass is 406 g/mol. The zero-order valence-electron chi connectivity index (χ0n) is 16.0. The standard InChI is InChI=1S/C20H39O2PS2/c24-23(25,21-19-15-11-7-3-1-4-8-12-16-19)22-20-17-13-9-5-2-6-10-14-18-20/h19-20H,1-18H2,(H,24,25). The molecule has 2 aliphatic rings. The van der Waals surface area contributed by atoms with Crippen molar-refractivity contribution in [1.29, 1.82) is 0 Å². The van der Waals surface area contributed by atoms with Gasteiger partial charge in [0, 0.05) is 0 Å². The van der Waals surface area contributed by atoms with E-state index in [1.165, 1.54) is 89.9 Å². The molecule has 0 atom stereocenters. The summed E-state index contributed by atoms with van der Waals surface area (Å²) in [5.74, 6) is 0. The van der Waals surface area contributed by atoms with Crippen molar-refractivity contribution in [3.05, 3.63) is 0 Å². The second kappa shape index (κ2) is 13.2. The third kappa shape index (κ3) is 10.7. The number of rotatable bonds is 4. The summed E-state index contributed by atoms with van der Waals surface area (Å²) in [4.78, 5) is 0. The highest BCUT2D eigenvalue weighted by atomic mass is 32.9. The fraction of sp³-hybridized carbons (Fsp3) is 1.00. The molecule has 0 saturated heterocycles. The predicted octanol–water partition coefficient (Wildman–Crippen LogP) is 7.96. The summed E-state index contributed by atoms with van der Waals surface area (Å²) in [5, 5.41) is 0. The molecule has 0 radical (unpaired) electrons. The van der Waals surface area contributed by atoms with Crippen LogP contribution in [0.25, 0.3) is 0 Å². The first-order valence-electron chi connectivity index (χ1n) is 10.9. The Hall–Kier alpha value is 0.920. The summed E-state index contributed by atoms with van der Waals surface area (Å²) >= 11 is 10.4. The van der Waals surface area contributed by atoms with Crippen LogP contribution in [-0.2, 0) is 20.9 Å². The van der Waals surface area contributed by atoms with Crippen LogP contribution < -0.4 is 0 Å². The SMILES string of the molecule is S=P(S)(OC1CCCCCCCCC1)OC1CCCCCCCCC1. The largest absolute Gasteiger partial charge is 0.318 e. The molecule has 0 aromatic rings. The lowest BCUT2D eigenvalue weighted by molar-refractivity contribution is 0.123. The Bertz CT molecular complexity index is 340. The van der Waals surface area contributed by atoms with E-state index in [4.69, 9.17) is 33.1 Å². The van der Waals surface area contributed by atoms with Gasteiger partial charge in [-0.05, 0) is 37.5 Å². The van der Waals surface area contributed by atoms with Gasteiger partial charge in [0.1, 0.15) is 0 Å². The molecule has 0 unspecified atom stereocenters. The third-order valence-corrected chi connectivity index (χ3v) is 7.88. The van der Waals surface area contributed by atoms with Gasteiger partial charge in [-0.2, -0.15) is 0 Å². The quantitative estimate of drug-likeness (QED) is 0.377. The van der Waals surface area contributed by atoms with Gasteiger partial charge in [0.2, 0.25) is 5.69 Å². The number of thiol groups is 1. The molecule has 0 aromatic carbocycles. The molecule has 0 aliphatic heterocycles. The molecule has 2 rings (SSSR count). The van der Waals surface area contributed by atoms with E-state index in [0.717, 1.165) is 25.7 Å². The van der Waals surface area contributed by atoms with Crippen molar-refractivity contribution in [1.82, 2.24) is 0 Å². The Morgan fingerprint density at radius 2 is 0.760 bits per heavy atom. The molecule has 0 N–H and O–H groups in total. The maximum atomic E-state index is 6.31. The van der Waals surface area contributed by atoms with E-state index in [1.807, 2.05) is 0 Å².